The first kappa shape index (κ1) is 8.61. The topological polar surface area (TPSA) is 25.8 Å². The molecular formula is C8H4I2N2. The van der Waals surface area contributed by atoms with Crippen molar-refractivity contribution in [3.63, 3.8) is 0 Å². The molecule has 1 aromatic heterocycles. The zero-order valence-electron chi connectivity index (χ0n) is 5.96. The van der Waals surface area contributed by atoms with Crippen molar-refractivity contribution in [3.8, 4) is 0 Å². The quantitative estimate of drug-likeness (QED) is 0.518. The largest absolute Gasteiger partial charge is 0.236 e. The van der Waals surface area contributed by atoms with Gasteiger partial charge in [0.15, 0.2) is 0 Å². The molecule has 2 aromatic rings. The summed E-state index contributed by atoms with van der Waals surface area (Å²) in [4.78, 5) is 8.28. The summed E-state index contributed by atoms with van der Waals surface area (Å²) >= 11 is 4.51. The molecule has 0 aliphatic rings. The molecule has 0 N–H and O–H groups in total. The third kappa shape index (κ3) is 1.54. The molecular weight excluding hydrogens is 378 g/mol. The van der Waals surface area contributed by atoms with Crippen LogP contribution in [0.1, 0.15) is 0 Å². The van der Waals surface area contributed by atoms with Crippen LogP contribution in [0.2, 0.25) is 0 Å². The van der Waals surface area contributed by atoms with Crippen LogP contribution in [0.15, 0.2) is 24.5 Å². The number of hydrogen-bond acceptors (Lipinski definition) is 2. The highest BCUT2D eigenvalue weighted by atomic mass is 127. The van der Waals surface area contributed by atoms with Gasteiger partial charge >= 0.3 is 0 Å². The van der Waals surface area contributed by atoms with Crippen LogP contribution in [-0.2, 0) is 0 Å². The zero-order valence-corrected chi connectivity index (χ0v) is 10.3. The van der Waals surface area contributed by atoms with Gasteiger partial charge in [-0.25, -0.2) is 9.97 Å². The Morgan fingerprint density at radius 3 is 2.75 bits per heavy atom. The maximum absolute atomic E-state index is 4.16. The predicted molar refractivity (Wildman–Crippen MR) is 65.0 cm³/mol. The lowest BCUT2D eigenvalue weighted by Crippen LogP contribution is -1.86. The maximum atomic E-state index is 4.16. The van der Waals surface area contributed by atoms with Crippen LogP contribution >= 0.6 is 45.2 Å². The van der Waals surface area contributed by atoms with Crippen LogP contribution in [-0.4, -0.2) is 9.97 Å². The van der Waals surface area contributed by atoms with E-state index in [9.17, 15) is 0 Å². The average Bonchev–Trinajstić information content (AvgIpc) is 2.07. The molecule has 0 atom stereocenters. The van der Waals surface area contributed by atoms with E-state index in [0.717, 1.165) is 14.6 Å². The summed E-state index contributed by atoms with van der Waals surface area (Å²) in [5.41, 5.74) is 1.01. The molecule has 0 spiro atoms. The Bertz CT molecular complexity index is 428. The van der Waals surface area contributed by atoms with Crippen molar-refractivity contribution < 1.29 is 0 Å². The third-order valence-corrected chi connectivity index (χ3v) is 3.08. The van der Waals surface area contributed by atoms with Crippen molar-refractivity contribution in [1.29, 1.82) is 0 Å². The average molecular weight is 382 g/mol. The molecule has 4 heteroatoms. The van der Waals surface area contributed by atoms with Gasteiger partial charge in [0.1, 0.15) is 10.0 Å². The van der Waals surface area contributed by atoms with E-state index in [1.54, 1.807) is 6.33 Å². The van der Waals surface area contributed by atoms with E-state index in [2.05, 4.69) is 61.2 Å². The van der Waals surface area contributed by atoms with Crippen LogP contribution < -0.4 is 0 Å². The first-order chi connectivity index (χ1) is 5.77. The molecule has 0 saturated carbocycles. The SMILES string of the molecule is Ic1ccc2ncnc(I)c2c1. The van der Waals surface area contributed by atoms with Crippen LogP contribution in [0.3, 0.4) is 0 Å². The van der Waals surface area contributed by atoms with Crippen molar-refractivity contribution in [2.24, 2.45) is 0 Å². The van der Waals surface area contributed by atoms with E-state index in [4.69, 9.17) is 0 Å². The Labute approximate surface area is 97.1 Å². The molecule has 2 nitrogen and oxygen atoms in total. The molecule has 0 amide bonds. The van der Waals surface area contributed by atoms with E-state index in [-0.39, 0.29) is 0 Å². The molecule has 0 bridgehead atoms. The maximum Gasteiger partial charge on any atom is 0.117 e. The van der Waals surface area contributed by atoms with Gasteiger partial charge in [-0.15, -0.1) is 0 Å². The molecule has 60 valence electrons. The minimum atomic E-state index is 1.01. The van der Waals surface area contributed by atoms with Gasteiger partial charge in [-0.2, -0.15) is 0 Å². The highest BCUT2D eigenvalue weighted by Gasteiger charge is 1.99. The molecule has 12 heavy (non-hydrogen) atoms. The number of halogens is 2. The van der Waals surface area contributed by atoms with E-state index in [1.165, 1.54) is 3.57 Å². The standard InChI is InChI=1S/C8H4I2N2/c9-5-1-2-7-6(3-5)8(10)12-4-11-7/h1-4H. The summed E-state index contributed by atoms with van der Waals surface area (Å²) in [7, 11) is 0. The lowest BCUT2D eigenvalue weighted by atomic mass is 10.2. The summed E-state index contributed by atoms with van der Waals surface area (Å²) in [6.45, 7) is 0. The molecule has 0 fully saturated rings. The molecule has 0 saturated heterocycles. The predicted octanol–water partition coefficient (Wildman–Crippen LogP) is 2.84. The van der Waals surface area contributed by atoms with E-state index in [1.807, 2.05) is 12.1 Å². The van der Waals surface area contributed by atoms with Crippen molar-refractivity contribution in [1.82, 2.24) is 9.97 Å². The van der Waals surface area contributed by atoms with Gasteiger partial charge in [-0.3, -0.25) is 0 Å². The van der Waals surface area contributed by atoms with Gasteiger partial charge in [0.25, 0.3) is 0 Å². The number of fused-ring (bicyclic) bond motifs is 1. The zero-order chi connectivity index (χ0) is 8.55. The molecule has 1 aromatic carbocycles. The number of benzene rings is 1. The molecule has 0 radical (unpaired) electrons. The van der Waals surface area contributed by atoms with Gasteiger partial charge in [0.05, 0.1) is 5.52 Å². The van der Waals surface area contributed by atoms with E-state index in [0.29, 0.717) is 0 Å². The van der Waals surface area contributed by atoms with Gasteiger partial charge in [0, 0.05) is 8.96 Å². The Hall–Kier alpha value is 0.0200. The fourth-order valence-electron chi connectivity index (χ4n) is 0.997. The second kappa shape index (κ2) is 3.41. The van der Waals surface area contributed by atoms with Gasteiger partial charge < -0.3 is 0 Å². The summed E-state index contributed by atoms with van der Waals surface area (Å²) in [5.74, 6) is 0. The Kier molecular flexibility index (Phi) is 2.44. The fourth-order valence-corrected chi connectivity index (χ4v) is 2.05. The smallest absolute Gasteiger partial charge is 0.117 e. The molecule has 1 heterocycles. The minimum Gasteiger partial charge on any atom is -0.236 e. The lowest BCUT2D eigenvalue weighted by molar-refractivity contribution is 1.19. The van der Waals surface area contributed by atoms with Crippen molar-refractivity contribution >= 4 is 56.1 Å². The van der Waals surface area contributed by atoms with Gasteiger partial charge in [0.2, 0.25) is 0 Å². The third-order valence-electron chi connectivity index (χ3n) is 1.55. The van der Waals surface area contributed by atoms with Crippen molar-refractivity contribution in [2.75, 3.05) is 0 Å². The summed E-state index contributed by atoms with van der Waals surface area (Å²) in [5, 5.41) is 1.13. The van der Waals surface area contributed by atoms with Crippen LogP contribution in [0, 0.1) is 7.27 Å². The van der Waals surface area contributed by atoms with Crippen LogP contribution in [0.5, 0.6) is 0 Å². The Balaban J connectivity index is 2.88. The minimum absolute atomic E-state index is 1.01. The molecule has 0 aliphatic heterocycles. The number of aromatic nitrogens is 2. The van der Waals surface area contributed by atoms with Gasteiger partial charge in [-0.05, 0) is 63.4 Å². The summed E-state index contributed by atoms with van der Waals surface area (Å²) in [6, 6.07) is 6.16. The number of rotatable bonds is 0. The fraction of sp³-hybridized carbons (Fsp3) is 0. The first-order valence-electron chi connectivity index (χ1n) is 3.33. The Morgan fingerprint density at radius 2 is 1.92 bits per heavy atom. The highest BCUT2D eigenvalue weighted by molar-refractivity contribution is 14.1. The van der Waals surface area contributed by atoms with Gasteiger partial charge in [-0.1, -0.05) is 0 Å². The second-order valence-electron chi connectivity index (χ2n) is 2.33. The van der Waals surface area contributed by atoms with E-state index >= 15 is 0 Å². The van der Waals surface area contributed by atoms with Crippen LogP contribution in [0.25, 0.3) is 10.9 Å². The van der Waals surface area contributed by atoms with Crippen molar-refractivity contribution in [2.45, 2.75) is 0 Å². The summed E-state index contributed by atoms with van der Waals surface area (Å²) < 4.78 is 2.23. The molecule has 0 aliphatic carbocycles. The highest BCUT2D eigenvalue weighted by Crippen LogP contribution is 2.18. The molecule has 0 unspecified atom stereocenters. The normalized spacial score (nSPS) is 10.5. The Morgan fingerprint density at radius 1 is 1.08 bits per heavy atom. The monoisotopic (exact) mass is 382 g/mol. The first-order valence-corrected chi connectivity index (χ1v) is 5.49. The number of hydrogen-bond donors (Lipinski definition) is 0. The van der Waals surface area contributed by atoms with Crippen molar-refractivity contribution in [3.05, 3.63) is 31.8 Å². The van der Waals surface area contributed by atoms with Crippen LogP contribution in [0.4, 0.5) is 0 Å². The lowest BCUT2D eigenvalue weighted by Gasteiger charge is -1.98. The van der Waals surface area contributed by atoms with E-state index < -0.39 is 0 Å². The second-order valence-corrected chi connectivity index (χ2v) is 4.59. The number of nitrogens with zero attached hydrogens (tertiary/aromatic N) is 2. The summed E-state index contributed by atoms with van der Waals surface area (Å²) in [6.07, 6.45) is 1.59. The molecule has 2 rings (SSSR count).